The molecule has 3 unspecified atom stereocenters. The Morgan fingerprint density at radius 3 is 2.05 bits per heavy atom. The van der Waals surface area contributed by atoms with Crippen LogP contribution in [0.2, 0.25) is 0 Å². The first-order chi connectivity index (χ1) is 9.90. The Morgan fingerprint density at radius 2 is 1.52 bits per heavy atom. The lowest BCUT2D eigenvalue weighted by molar-refractivity contribution is 0.445. The van der Waals surface area contributed by atoms with E-state index in [0.29, 0.717) is 5.92 Å². The Morgan fingerprint density at radius 1 is 0.857 bits per heavy atom. The number of allylic oxidation sites excluding steroid dienone is 4. The van der Waals surface area contributed by atoms with Gasteiger partial charge in [0.25, 0.3) is 0 Å². The van der Waals surface area contributed by atoms with E-state index in [9.17, 15) is 0 Å². The van der Waals surface area contributed by atoms with Crippen molar-refractivity contribution in [1.82, 2.24) is 0 Å². The fourth-order valence-electron chi connectivity index (χ4n) is 2.90. The van der Waals surface area contributed by atoms with Crippen LogP contribution in [0, 0.1) is 17.8 Å². The molecule has 0 aromatic carbocycles. The first-order valence-electron chi connectivity index (χ1n) is 9.22. The van der Waals surface area contributed by atoms with E-state index in [0.717, 1.165) is 11.8 Å². The van der Waals surface area contributed by atoms with Crippen LogP contribution in [-0.2, 0) is 0 Å². The van der Waals surface area contributed by atoms with E-state index in [-0.39, 0.29) is 0 Å². The topological polar surface area (TPSA) is 0 Å². The van der Waals surface area contributed by atoms with Gasteiger partial charge in [-0.05, 0) is 64.2 Å². The molecule has 0 aliphatic rings. The van der Waals surface area contributed by atoms with Crippen molar-refractivity contribution in [1.29, 1.82) is 0 Å². The van der Waals surface area contributed by atoms with Crippen LogP contribution < -0.4 is 0 Å². The molecule has 0 aromatic rings. The molecule has 0 aromatic heterocycles. The summed E-state index contributed by atoms with van der Waals surface area (Å²) in [7, 11) is 0. The number of hydrogen-bond donors (Lipinski definition) is 0. The van der Waals surface area contributed by atoms with Gasteiger partial charge >= 0.3 is 0 Å². The minimum atomic E-state index is 0.659. The van der Waals surface area contributed by atoms with Gasteiger partial charge in [-0.15, -0.1) is 0 Å². The molecule has 3 atom stereocenters. The maximum Gasteiger partial charge on any atom is -0.00235 e. The van der Waals surface area contributed by atoms with E-state index in [1.807, 2.05) is 0 Å². The molecule has 0 rings (SSSR count). The number of rotatable bonds is 11. The lowest BCUT2D eigenvalue weighted by atomic mass is 9.88. The fourth-order valence-corrected chi connectivity index (χ4v) is 2.90. The zero-order valence-corrected chi connectivity index (χ0v) is 15.8. The highest BCUT2D eigenvalue weighted by molar-refractivity contribution is 5.13. The summed E-state index contributed by atoms with van der Waals surface area (Å²) in [5, 5.41) is 0. The fraction of sp³-hybridized carbons (Fsp3) is 0.810. The van der Waals surface area contributed by atoms with Crippen LogP contribution >= 0.6 is 0 Å². The van der Waals surface area contributed by atoms with Crippen molar-refractivity contribution in [2.75, 3.05) is 0 Å². The van der Waals surface area contributed by atoms with Crippen LogP contribution in [0.1, 0.15) is 93.4 Å². The Bertz CT molecular complexity index is 304. The summed E-state index contributed by atoms with van der Waals surface area (Å²) in [5.41, 5.74) is 3.04. The monoisotopic (exact) mass is 292 g/mol. The molecular formula is C21H40. The van der Waals surface area contributed by atoms with Gasteiger partial charge in [-0.3, -0.25) is 0 Å². The Kier molecular flexibility index (Phi) is 11.8. The summed E-state index contributed by atoms with van der Waals surface area (Å²) < 4.78 is 0. The van der Waals surface area contributed by atoms with Crippen LogP contribution in [0.3, 0.4) is 0 Å². The normalized spacial score (nSPS) is 16.4. The van der Waals surface area contributed by atoms with Crippen LogP contribution in [-0.4, -0.2) is 0 Å². The minimum Gasteiger partial charge on any atom is -0.0850 e. The predicted molar refractivity (Wildman–Crippen MR) is 98.7 cm³/mol. The molecule has 0 amide bonds. The largest absolute Gasteiger partial charge is 0.0850 e. The lowest BCUT2D eigenvalue weighted by Gasteiger charge is -2.18. The summed E-state index contributed by atoms with van der Waals surface area (Å²) in [6.45, 7) is 16.2. The second kappa shape index (κ2) is 12.1. The quantitative estimate of drug-likeness (QED) is 0.345. The van der Waals surface area contributed by atoms with Gasteiger partial charge < -0.3 is 0 Å². The minimum absolute atomic E-state index is 0.659. The predicted octanol–water partition coefficient (Wildman–Crippen LogP) is 7.56. The van der Waals surface area contributed by atoms with E-state index in [4.69, 9.17) is 0 Å². The maximum absolute atomic E-state index is 2.50. The molecule has 0 radical (unpaired) electrons. The molecule has 21 heavy (non-hydrogen) atoms. The van der Waals surface area contributed by atoms with E-state index in [2.05, 4.69) is 60.6 Å². The molecule has 0 fully saturated rings. The summed E-state index contributed by atoms with van der Waals surface area (Å²) >= 11 is 0. The van der Waals surface area contributed by atoms with Crippen molar-refractivity contribution >= 4 is 0 Å². The molecule has 0 heteroatoms. The molecule has 0 saturated carbocycles. The molecule has 0 aliphatic carbocycles. The van der Waals surface area contributed by atoms with Crippen molar-refractivity contribution in [3.63, 3.8) is 0 Å². The molecule has 0 nitrogen and oxygen atoms in total. The summed E-state index contributed by atoms with van der Waals surface area (Å²) in [6.07, 6.45) is 14.2. The first kappa shape index (κ1) is 20.5. The Hall–Kier alpha value is -0.520. The van der Waals surface area contributed by atoms with Crippen molar-refractivity contribution < 1.29 is 0 Å². The van der Waals surface area contributed by atoms with Crippen molar-refractivity contribution in [3.8, 4) is 0 Å². The van der Waals surface area contributed by atoms with Gasteiger partial charge in [-0.1, -0.05) is 70.3 Å². The van der Waals surface area contributed by atoms with E-state index < -0.39 is 0 Å². The highest BCUT2D eigenvalue weighted by atomic mass is 14.2. The second-order valence-corrected chi connectivity index (χ2v) is 7.36. The van der Waals surface area contributed by atoms with Gasteiger partial charge in [-0.25, -0.2) is 0 Å². The standard InChI is InChI=1S/C21H40/c1-8-11-19(6)14-15-21(16-17(3)4)20(7)13-10-12-18(5)9-2/h13,16,18-19,21H,8-12,14-15H2,1-7H3. The molecular weight excluding hydrogens is 252 g/mol. The molecule has 0 aliphatic heterocycles. The van der Waals surface area contributed by atoms with E-state index in [1.54, 1.807) is 5.57 Å². The molecule has 0 saturated heterocycles. The summed E-state index contributed by atoms with van der Waals surface area (Å²) in [6, 6.07) is 0. The Labute approximate surface area is 135 Å². The Balaban J connectivity index is 4.51. The number of hydrogen-bond acceptors (Lipinski definition) is 0. The van der Waals surface area contributed by atoms with Crippen LogP contribution in [0.15, 0.2) is 23.3 Å². The molecule has 124 valence electrons. The zero-order chi connectivity index (χ0) is 16.3. The van der Waals surface area contributed by atoms with Crippen molar-refractivity contribution in [3.05, 3.63) is 23.3 Å². The molecule has 0 N–H and O–H groups in total. The lowest BCUT2D eigenvalue weighted by Crippen LogP contribution is -2.04. The highest BCUT2D eigenvalue weighted by Gasteiger charge is 2.10. The summed E-state index contributed by atoms with van der Waals surface area (Å²) in [5.74, 6) is 2.39. The van der Waals surface area contributed by atoms with Crippen LogP contribution in [0.25, 0.3) is 0 Å². The maximum atomic E-state index is 2.50. The van der Waals surface area contributed by atoms with Crippen molar-refractivity contribution in [2.24, 2.45) is 17.8 Å². The SMILES string of the molecule is CCCC(C)CCC(C=C(C)C)C(C)=CCCC(C)CC. The van der Waals surface area contributed by atoms with Gasteiger partial charge in [0.05, 0.1) is 0 Å². The van der Waals surface area contributed by atoms with Gasteiger partial charge in [0.1, 0.15) is 0 Å². The van der Waals surface area contributed by atoms with Crippen LogP contribution in [0.4, 0.5) is 0 Å². The zero-order valence-electron chi connectivity index (χ0n) is 15.8. The van der Waals surface area contributed by atoms with Gasteiger partial charge in [0.2, 0.25) is 0 Å². The average Bonchev–Trinajstić information content (AvgIpc) is 2.42. The third-order valence-electron chi connectivity index (χ3n) is 4.69. The third-order valence-corrected chi connectivity index (χ3v) is 4.69. The average molecular weight is 293 g/mol. The van der Waals surface area contributed by atoms with Gasteiger partial charge in [0, 0.05) is 0 Å². The second-order valence-electron chi connectivity index (χ2n) is 7.36. The smallest absolute Gasteiger partial charge is 0.00235 e. The van der Waals surface area contributed by atoms with Gasteiger partial charge in [0.15, 0.2) is 0 Å². The summed E-state index contributed by atoms with van der Waals surface area (Å²) in [4.78, 5) is 0. The molecule has 0 bridgehead atoms. The van der Waals surface area contributed by atoms with Crippen LogP contribution in [0.5, 0.6) is 0 Å². The highest BCUT2D eigenvalue weighted by Crippen LogP contribution is 2.25. The van der Waals surface area contributed by atoms with E-state index in [1.165, 1.54) is 50.5 Å². The molecule has 0 heterocycles. The van der Waals surface area contributed by atoms with E-state index >= 15 is 0 Å². The first-order valence-corrected chi connectivity index (χ1v) is 9.22. The molecule has 0 spiro atoms. The van der Waals surface area contributed by atoms with Gasteiger partial charge in [-0.2, -0.15) is 0 Å². The van der Waals surface area contributed by atoms with Crippen molar-refractivity contribution in [2.45, 2.75) is 93.4 Å². The third kappa shape index (κ3) is 10.8.